The van der Waals surface area contributed by atoms with E-state index >= 15 is 0 Å². The van der Waals surface area contributed by atoms with Gasteiger partial charge in [0.1, 0.15) is 22.3 Å². The molecule has 7 aromatic rings. The topological polar surface area (TPSA) is 39.2 Å². The smallest absolute Gasteiger partial charge is 0.145 e. The quantitative estimate of drug-likeness (QED) is 0.291. The first-order valence-corrected chi connectivity index (χ1v) is 9.98. The van der Waals surface area contributed by atoms with Gasteiger partial charge in [-0.3, -0.25) is 4.98 Å². The summed E-state index contributed by atoms with van der Waals surface area (Å²) >= 11 is 0. The molecule has 0 aliphatic heterocycles. The molecule has 0 fully saturated rings. The standard InChI is InChI=1S/C27H15NO2/c1-2-8-17-16(7-1)12-13-22-24(17)26-23(29-22)15-19(20-10-5-6-14-28-20)27-25(26)18-9-3-4-11-21(18)30-27/h1-15H. The van der Waals surface area contributed by atoms with Gasteiger partial charge in [-0.25, -0.2) is 0 Å². The first kappa shape index (κ1) is 15.8. The van der Waals surface area contributed by atoms with Crippen molar-refractivity contribution in [3.63, 3.8) is 0 Å². The number of furan rings is 2. The van der Waals surface area contributed by atoms with E-state index in [9.17, 15) is 0 Å². The first-order chi connectivity index (χ1) is 14.9. The molecule has 140 valence electrons. The SMILES string of the molecule is c1ccc(-c2cc3oc4ccc5ccccc5c4c3c3c2oc2ccccc23)nc1. The number of fused-ring (bicyclic) bond motifs is 9. The lowest BCUT2D eigenvalue weighted by molar-refractivity contribution is 0.663. The highest BCUT2D eigenvalue weighted by atomic mass is 16.3. The van der Waals surface area contributed by atoms with E-state index in [1.54, 1.807) is 6.20 Å². The van der Waals surface area contributed by atoms with Crippen LogP contribution < -0.4 is 0 Å². The van der Waals surface area contributed by atoms with Crippen LogP contribution in [-0.2, 0) is 0 Å². The molecule has 0 spiro atoms. The normalized spacial score (nSPS) is 12.0. The second kappa shape index (κ2) is 5.71. The summed E-state index contributed by atoms with van der Waals surface area (Å²) in [5, 5.41) is 6.78. The molecule has 0 aliphatic carbocycles. The maximum atomic E-state index is 6.39. The van der Waals surface area contributed by atoms with Gasteiger partial charge in [0.05, 0.1) is 5.69 Å². The van der Waals surface area contributed by atoms with Crippen molar-refractivity contribution in [3.05, 3.63) is 91.1 Å². The predicted octanol–water partition coefficient (Wildman–Crippen LogP) is 7.70. The summed E-state index contributed by atoms with van der Waals surface area (Å²) < 4.78 is 12.8. The largest absolute Gasteiger partial charge is 0.456 e. The monoisotopic (exact) mass is 385 g/mol. The van der Waals surface area contributed by atoms with Crippen LogP contribution in [0.5, 0.6) is 0 Å². The minimum Gasteiger partial charge on any atom is -0.456 e. The molecule has 0 atom stereocenters. The van der Waals surface area contributed by atoms with Crippen LogP contribution >= 0.6 is 0 Å². The maximum absolute atomic E-state index is 6.39. The van der Waals surface area contributed by atoms with E-state index in [-0.39, 0.29) is 0 Å². The molecule has 0 bridgehead atoms. The first-order valence-electron chi connectivity index (χ1n) is 9.98. The highest BCUT2D eigenvalue weighted by Crippen LogP contribution is 2.45. The van der Waals surface area contributed by atoms with Crippen LogP contribution in [-0.4, -0.2) is 4.98 Å². The van der Waals surface area contributed by atoms with Crippen molar-refractivity contribution in [2.24, 2.45) is 0 Å². The van der Waals surface area contributed by atoms with Gasteiger partial charge in [-0.05, 0) is 41.1 Å². The second-order valence-corrected chi connectivity index (χ2v) is 7.58. The number of rotatable bonds is 1. The average Bonchev–Trinajstić information content (AvgIpc) is 3.37. The average molecular weight is 385 g/mol. The number of benzene rings is 4. The molecule has 4 aromatic carbocycles. The molecule has 0 saturated carbocycles. The van der Waals surface area contributed by atoms with E-state index in [4.69, 9.17) is 8.83 Å². The van der Waals surface area contributed by atoms with Crippen molar-refractivity contribution in [1.29, 1.82) is 0 Å². The van der Waals surface area contributed by atoms with Crippen LogP contribution in [0.25, 0.3) is 65.9 Å². The van der Waals surface area contributed by atoms with Gasteiger partial charge in [0.25, 0.3) is 0 Å². The van der Waals surface area contributed by atoms with Crippen LogP contribution in [0.1, 0.15) is 0 Å². The third-order valence-electron chi connectivity index (χ3n) is 5.91. The molecular weight excluding hydrogens is 370 g/mol. The van der Waals surface area contributed by atoms with E-state index < -0.39 is 0 Å². The second-order valence-electron chi connectivity index (χ2n) is 7.58. The molecule has 30 heavy (non-hydrogen) atoms. The summed E-state index contributed by atoms with van der Waals surface area (Å²) in [5.74, 6) is 0. The minimum atomic E-state index is 0.845. The van der Waals surface area contributed by atoms with E-state index in [2.05, 4.69) is 59.6 Å². The van der Waals surface area contributed by atoms with Gasteiger partial charge in [-0.15, -0.1) is 0 Å². The molecule has 0 amide bonds. The molecule has 3 aromatic heterocycles. The summed E-state index contributed by atoms with van der Waals surface area (Å²) in [6.07, 6.45) is 1.81. The zero-order chi connectivity index (χ0) is 19.7. The Morgan fingerprint density at radius 3 is 2.30 bits per heavy atom. The van der Waals surface area contributed by atoms with Gasteiger partial charge in [-0.2, -0.15) is 0 Å². The molecular formula is C27H15NO2. The summed E-state index contributed by atoms with van der Waals surface area (Å²) in [4.78, 5) is 4.58. The molecule has 0 radical (unpaired) electrons. The minimum absolute atomic E-state index is 0.845. The zero-order valence-corrected chi connectivity index (χ0v) is 15.9. The van der Waals surface area contributed by atoms with Crippen molar-refractivity contribution in [1.82, 2.24) is 4.98 Å². The van der Waals surface area contributed by atoms with Gasteiger partial charge < -0.3 is 8.83 Å². The Morgan fingerprint density at radius 1 is 0.567 bits per heavy atom. The zero-order valence-electron chi connectivity index (χ0n) is 15.9. The number of pyridine rings is 1. The van der Waals surface area contributed by atoms with Crippen molar-refractivity contribution in [2.75, 3.05) is 0 Å². The molecule has 0 aliphatic rings. The predicted molar refractivity (Wildman–Crippen MR) is 122 cm³/mol. The van der Waals surface area contributed by atoms with Gasteiger partial charge in [0, 0.05) is 33.3 Å². The molecule has 0 unspecified atom stereocenters. The molecule has 3 heteroatoms. The Labute approximate surface area is 171 Å². The Morgan fingerprint density at radius 2 is 1.40 bits per heavy atom. The lowest BCUT2D eigenvalue weighted by Crippen LogP contribution is -1.83. The molecule has 3 nitrogen and oxygen atoms in total. The van der Waals surface area contributed by atoms with E-state index in [1.165, 1.54) is 10.8 Å². The molecule has 0 saturated heterocycles. The number of hydrogen-bond donors (Lipinski definition) is 0. The number of aromatic nitrogens is 1. The van der Waals surface area contributed by atoms with Gasteiger partial charge in [-0.1, -0.05) is 54.6 Å². The fraction of sp³-hybridized carbons (Fsp3) is 0. The summed E-state index contributed by atoms with van der Waals surface area (Å²) in [5.41, 5.74) is 5.26. The van der Waals surface area contributed by atoms with E-state index in [1.807, 2.05) is 30.3 Å². The van der Waals surface area contributed by atoms with Gasteiger partial charge >= 0.3 is 0 Å². The number of nitrogens with zero attached hydrogens (tertiary/aromatic N) is 1. The molecule has 7 rings (SSSR count). The van der Waals surface area contributed by atoms with Crippen molar-refractivity contribution in [2.45, 2.75) is 0 Å². The van der Waals surface area contributed by atoms with Crippen LogP contribution in [0.2, 0.25) is 0 Å². The van der Waals surface area contributed by atoms with Crippen LogP contribution in [0.4, 0.5) is 0 Å². The Bertz CT molecular complexity index is 1740. The van der Waals surface area contributed by atoms with Crippen LogP contribution in [0.3, 0.4) is 0 Å². The lowest BCUT2D eigenvalue weighted by atomic mass is 9.98. The summed E-state index contributed by atoms with van der Waals surface area (Å²) in [6.45, 7) is 0. The third-order valence-corrected chi connectivity index (χ3v) is 5.91. The van der Waals surface area contributed by atoms with Gasteiger partial charge in [0.2, 0.25) is 0 Å². The number of para-hydroxylation sites is 1. The summed E-state index contributed by atoms with van der Waals surface area (Å²) in [6, 6.07) is 28.8. The van der Waals surface area contributed by atoms with E-state index in [0.29, 0.717) is 0 Å². The van der Waals surface area contributed by atoms with Crippen molar-refractivity contribution in [3.8, 4) is 11.3 Å². The highest BCUT2D eigenvalue weighted by Gasteiger charge is 2.21. The lowest BCUT2D eigenvalue weighted by Gasteiger charge is -2.04. The fourth-order valence-electron chi connectivity index (χ4n) is 4.63. The van der Waals surface area contributed by atoms with Crippen LogP contribution in [0, 0.1) is 0 Å². The highest BCUT2D eigenvalue weighted by molar-refractivity contribution is 6.32. The Hall–Kier alpha value is -4.11. The number of hydrogen-bond acceptors (Lipinski definition) is 3. The summed E-state index contributed by atoms with van der Waals surface area (Å²) in [7, 11) is 0. The molecule has 0 N–H and O–H groups in total. The fourth-order valence-corrected chi connectivity index (χ4v) is 4.63. The van der Waals surface area contributed by atoms with Crippen LogP contribution in [0.15, 0.2) is 100.0 Å². The van der Waals surface area contributed by atoms with Crippen molar-refractivity contribution < 1.29 is 8.83 Å². The maximum Gasteiger partial charge on any atom is 0.145 e. The Kier molecular flexibility index (Phi) is 3.00. The Balaban J connectivity index is 1.80. The van der Waals surface area contributed by atoms with Gasteiger partial charge in [0.15, 0.2) is 0 Å². The van der Waals surface area contributed by atoms with Crippen molar-refractivity contribution >= 4 is 54.6 Å². The third kappa shape index (κ3) is 2.01. The molecule has 3 heterocycles. The van der Waals surface area contributed by atoms with E-state index in [0.717, 1.165) is 55.1 Å².